The minimum absolute atomic E-state index is 0.145. The molecular formula is C97H56ClN5S2. The molecule has 488 valence electrons. The first kappa shape index (κ1) is 59.9. The average molecular weight is 1390 g/mol. The maximum Gasteiger partial charge on any atom is 0.223 e. The van der Waals surface area contributed by atoms with E-state index in [1.54, 1.807) is 0 Å². The number of benzene rings is 18. The molecule has 23 aromatic rings. The van der Waals surface area contributed by atoms with Gasteiger partial charge in [-0.3, -0.25) is 0 Å². The van der Waals surface area contributed by atoms with E-state index in [4.69, 9.17) is 21.6 Å². The van der Waals surface area contributed by atoms with Gasteiger partial charge < -0.3 is 4.98 Å². The topological polar surface area (TPSA) is 67.3 Å². The molecule has 1 N–H and O–H groups in total. The van der Waals surface area contributed by atoms with Crippen LogP contribution in [0, 0.1) is 0 Å². The van der Waals surface area contributed by atoms with E-state index < -0.39 is 0 Å². The van der Waals surface area contributed by atoms with E-state index in [0.29, 0.717) is 0 Å². The molecule has 5 aromatic heterocycles. The minimum Gasteiger partial charge on any atom is -0.354 e. The number of H-pyrrole nitrogens is 1. The molecule has 0 saturated heterocycles. The smallest absolute Gasteiger partial charge is 0.223 e. The highest BCUT2D eigenvalue weighted by Gasteiger charge is 2.36. The van der Waals surface area contributed by atoms with Crippen molar-refractivity contribution in [2.75, 3.05) is 0 Å². The number of hydrogen-bond acceptors (Lipinski definition) is 6. The van der Waals surface area contributed by atoms with E-state index >= 15 is 0 Å². The van der Waals surface area contributed by atoms with Crippen molar-refractivity contribution in [3.05, 3.63) is 350 Å². The van der Waals surface area contributed by atoms with E-state index in [-0.39, 0.29) is 11.2 Å². The summed E-state index contributed by atoms with van der Waals surface area (Å²) in [5.74, 6) is 0.695. The van der Waals surface area contributed by atoms with Gasteiger partial charge in [0.15, 0.2) is 0 Å². The summed E-state index contributed by atoms with van der Waals surface area (Å²) >= 11 is 10.1. The fourth-order valence-electron chi connectivity index (χ4n) is 17.1. The Kier molecular flexibility index (Phi) is 13.5. The Bertz CT molecular complexity index is 7520. The van der Waals surface area contributed by atoms with Crippen LogP contribution in [-0.2, 0) is 0 Å². The van der Waals surface area contributed by atoms with Gasteiger partial charge in [0.1, 0.15) is 5.82 Å². The number of aromatic nitrogens is 5. The number of hydrogen-bond donors (Lipinski definition) is 1. The maximum absolute atomic E-state index is 6.30. The van der Waals surface area contributed by atoms with Crippen LogP contribution in [0.25, 0.3) is 204 Å². The molecule has 1 unspecified atom stereocenters. The van der Waals surface area contributed by atoms with Gasteiger partial charge in [-0.05, 0) is 140 Å². The van der Waals surface area contributed by atoms with Gasteiger partial charge in [0.2, 0.25) is 5.28 Å². The van der Waals surface area contributed by atoms with Crippen molar-refractivity contribution >= 4 is 204 Å². The van der Waals surface area contributed by atoms with Crippen molar-refractivity contribution in [2.45, 2.75) is 5.92 Å². The second-order valence-electron chi connectivity index (χ2n) is 27.6. The summed E-state index contributed by atoms with van der Waals surface area (Å²) in [6.45, 7) is 0. The predicted molar refractivity (Wildman–Crippen MR) is 449 cm³/mol. The summed E-state index contributed by atoms with van der Waals surface area (Å²) in [5.41, 5.74) is 13.5. The monoisotopic (exact) mass is 1390 g/mol. The third kappa shape index (κ3) is 9.46. The molecule has 0 amide bonds. The average Bonchev–Trinajstić information content (AvgIpc) is 1.57. The second-order valence-corrected chi connectivity index (χ2v) is 30.0. The van der Waals surface area contributed by atoms with E-state index in [1.807, 2.05) is 46.9 Å². The zero-order chi connectivity index (χ0) is 69.0. The summed E-state index contributed by atoms with van der Waals surface area (Å²) in [7, 11) is 0. The van der Waals surface area contributed by atoms with E-state index in [9.17, 15) is 0 Å². The molecule has 1 atom stereocenters. The number of halogens is 1. The Morgan fingerprint density at radius 1 is 0.267 bits per heavy atom. The van der Waals surface area contributed by atoms with Gasteiger partial charge in [-0.1, -0.05) is 291 Å². The largest absolute Gasteiger partial charge is 0.354 e. The molecule has 0 aliphatic heterocycles. The van der Waals surface area contributed by atoms with Gasteiger partial charge in [0.25, 0.3) is 0 Å². The Morgan fingerprint density at radius 2 is 0.676 bits per heavy atom. The SMILES string of the molecule is Clc1nc(-c2cccc3ccccc23)c2ccc3ccccc3c2n1.c1ccc2c(-c3nc(C4c5cc6c(cc5-c5ccc7ccccc7c54)sc4c5ccccc5ccc64)nc4c3ccc3ccccc34)cccc2c1.c1ccc2c(c1)ccc1c3cc4sc5c6ccccc6ccc5c4cc3[nH]c21. The summed E-state index contributed by atoms with van der Waals surface area (Å²) in [6, 6.07) is 118. The Labute approximate surface area is 614 Å². The zero-order valence-electron chi connectivity index (χ0n) is 56.2. The number of rotatable bonds is 3. The van der Waals surface area contributed by atoms with Crippen LogP contribution < -0.4 is 0 Å². The van der Waals surface area contributed by atoms with Gasteiger partial charge in [0.05, 0.1) is 33.9 Å². The lowest BCUT2D eigenvalue weighted by atomic mass is 9.90. The van der Waals surface area contributed by atoms with E-state index in [1.165, 1.54) is 149 Å². The van der Waals surface area contributed by atoms with Crippen LogP contribution in [0.3, 0.4) is 0 Å². The Balaban J connectivity index is 0.000000109. The first-order valence-corrected chi connectivity index (χ1v) is 37.6. The summed E-state index contributed by atoms with van der Waals surface area (Å²) in [5, 5.41) is 29.9. The predicted octanol–water partition coefficient (Wildman–Crippen LogP) is 27.7. The third-order valence-corrected chi connectivity index (χ3v) is 24.5. The quantitative estimate of drug-likeness (QED) is 0.141. The molecule has 1 aliphatic carbocycles. The number of nitrogens with zero attached hydrogens (tertiary/aromatic N) is 4. The molecule has 0 saturated carbocycles. The highest BCUT2D eigenvalue weighted by atomic mass is 35.5. The molecule has 0 fully saturated rings. The van der Waals surface area contributed by atoms with Crippen LogP contribution in [0.4, 0.5) is 0 Å². The lowest BCUT2D eigenvalue weighted by molar-refractivity contribution is 0.899. The molecule has 0 spiro atoms. The van der Waals surface area contributed by atoms with Crippen LogP contribution in [-0.4, -0.2) is 24.9 Å². The summed E-state index contributed by atoms with van der Waals surface area (Å²) < 4.78 is 5.40. The highest BCUT2D eigenvalue weighted by Crippen LogP contribution is 2.54. The molecule has 5 heterocycles. The fourth-order valence-corrected chi connectivity index (χ4v) is 19.8. The molecule has 24 rings (SSSR count). The lowest BCUT2D eigenvalue weighted by Crippen LogP contribution is -2.08. The lowest BCUT2D eigenvalue weighted by Gasteiger charge is -2.18. The Hall–Kier alpha value is -12.8. The van der Waals surface area contributed by atoms with Crippen molar-refractivity contribution in [1.29, 1.82) is 0 Å². The minimum atomic E-state index is -0.145. The second kappa shape index (κ2) is 23.7. The number of thiophene rings is 2. The summed E-state index contributed by atoms with van der Waals surface area (Å²) in [4.78, 5) is 24.1. The molecule has 1 aliphatic rings. The number of fused-ring (bicyclic) bond motifs is 28. The number of aromatic amines is 1. The van der Waals surface area contributed by atoms with Crippen LogP contribution in [0.15, 0.2) is 328 Å². The zero-order valence-corrected chi connectivity index (χ0v) is 58.6. The van der Waals surface area contributed by atoms with Crippen molar-refractivity contribution in [1.82, 2.24) is 24.9 Å². The highest BCUT2D eigenvalue weighted by molar-refractivity contribution is 7.27. The van der Waals surface area contributed by atoms with Crippen molar-refractivity contribution in [2.24, 2.45) is 0 Å². The van der Waals surface area contributed by atoms with E-state index in [2.05, 4.69) is 318 Å². The van der Waals surface area contributed by atoms with Gasteiger partial charge in [-0.25, -0.2) is 19.9 Å². The Morgan fingerprint density at radius 3 is 1.25 bits per heavy atom. The normalized spacial score (nSPS) is 12.9. The van der Waals surface area contributed by atoms with Crippen molar-refractivity contribution in [3.8, 4) is 33.6 Å². The van der Waals surface area contributed by atoms with Gasteiger partial charge >= 0.3 is 0 Å². The molecule has 0 radical (unpaired) electrons. The maximum atomic E-state index is 6.30. The third-order valence-electron chi connectivity index (χ3n) is 21.9. The van der Waals surface area contributed by atoms with E-state index in [0.717, 1.165) is 71.7 Å². The fraction of sp³-hybridized carbons (Fsp3) is 0.0103. The standard InChI is InChI=1S/C49H28N2S.C26H15NS.C22H13ClN2/c1-5-15-32-28(10-1)14-9-19-37(32)47-39-25-22-30-12-3-7-17-34(30)46(39)50-49(51-47)45-42-26-41-38-24-21-31-13-4-8-18-35(31)48(38)52-43(41)27-40(42)36-23-20-29-11-2-6-16-33(29)44(36)45;1-3-7-17-15(5-1)9-11-19-21-14-24-22(13-23(21)27-25(17)19)20-12-10-16-6-2-4-8-18(16)26(20)28-24;23-22-24-20-17-10-4-2-7-15(17)12-13-19(20)21(25-22)18-11-5-8-14-6-1-3-9-16(14)18/h1-27,45H;1-14,27H;1-13H. The molecule has 5 nitrogen and oxygen atoms in total. The number of nitrogens with one attached hydrogen (secondary N) is 1. The first-order valence-electron chi connectivity index (χ1n) is 35.5. The van der Waals surface area contributed by atoms with Crippen molar-refractivity contribution < 1.29 is 0 Å². The molecular weight excluding hydrogens is 1330 g/mol. The van der Waals surface area contributed by atoms with Crippen LogP contribution in [0.2, 0.25) is 5.28 Å². The molecule has 8 heteroatoms. The van der Waals surface area contributed by atoms with Gasteiger partial charge in [-0.15, -0.1) is 22.7 Å². The van der Waals surface area contributed by atoms with Gasteiger partial charge in [-0.2, -0.15) is 0 Å². The van der Waals surface area contributed by atoms with Crippen LogP contribution in [0.5, 0.6) is 0 Å². The van der Waals surface area contributed by atoms with Crippen LogP contribution in [0.1, 0.15) is 22.9 Å². The molecule has 105 heavy (non-hydrogen) atoms. The van der Waals surface area contributed by atoms with Crippen LogP contribution >= 0.6 is 34.3 Å². The molecule has 0 bridgehead atoms. The van der Waals surface area contributed by atoms with Gasteiger partial charge in [0, 0.05) is 94.7 Å². The molecule has 18 aromatic carbocycles. The summed E-state index contributed by atoms with van der Waals surface area (Å²) in [6.07, 6.45) is 0. The first-order chi connectivity index (χ1) is 52.0. The van der Waals surface area contributed by atoms with Crippen molar-refractivity contribution in [3.63, 3.8) is 0 Å².